The zero-order chi connectivity index (χ0) is 18.2. The van der Waals surface area contributed by atoms with Crippen LogP contribution in [0.4, 0.5) is 0 Å². The zero-order valence-corrected chi connectivity index (χ0v) is 15.2. The van der Waals surface area contributed by atoms with E-state index in [-0.39, 0.29) is 0 Å². The quantitative estimate of drug-likeness (QED) is 0.330. The highest BCUT2D eigenvalue weighted by Crippen LogP contribution is 2.21. The lowest BCUT2D eigenvalue weighted by molar-refractivity contribution is 0.510. The third kappa shape index (κ3) is 4.57. The first-order chi connectivity index (χ1) is 12.8. The second-order valence-electron chi connectivity index (χ2n) is 6.22. The molecule has 3 N–H and O–H groups in total. The Morgan fingerprint density at radius 1 is 1.23 bits per heavy atom. The number of fused-ring (bicyclic) bond motifs is 1. The van der Waals surface area contributed by atoms with Crippen molar-refractivity contribution in [2.24, 2.45) is 4.99 Å². The van der Waals surface area contributed by atoms with Gasteiger partial charge in [-0.25, -0.2) is 0 Å². The molecule has 0 saturated carbocycles. The SMILES string of the molecule is C=CCNC(=NCCc1ccco1)NCCc1c[nH]c2c(C)cccc12. The number of guanidine groups is 1. The third-order valence-corrected chi connectivity index (χ3v) is 4.32. The standard InChI is InChI=1S/C21H26N4O/c1-3-11-22-21(24-13-10-18-7-5-14-26-18)23-12-9-17-15-25-20-16(2)6-4-8-19(17)20/h3-8,14-15,25H,1,9-13H2,2H3,(H2,22,23,24). The second kappa shape index (κ2) is 8.94. The number of nitrogens with one attached hydrogen (secondary N) is 3. The smallest absolute Gasteiger partial charge is 0.191 e. The van der Waals surface area contributed by atoms with Gasteiger partial charge in [0.2, 0.25) is 0 Å². The second-order valence-corrected chi connectivity index (χ2v) is 6.22. The van der Waals surface area contributed by atoms with E-state index in [0.29, 0.717) is 13.1 Å². The molecule has 26 heavy (non-hydrogen) atoms. The van der Waals surface area contributed by atoms with E-state index >= 15 is 0 Å². The van der Waals surface area contributed by atoms with Gasteiger partial charge in [0.15, 0.2) is 5.96 Å². The van der Waals surface area contributed by atoms with Crippen molar-refractivity contribution in [3.05, 3.63) is 72.3 Å². The molecular formula is C21H26N4O. The molecule has 0 radical (unpaired) electrons. The van der Waals surface area contributed by atoms with Gasteiger partial charge in [-0.2, -0.15) is 0 Å². The summed E-state index contributed by atoms with van der Waals surface area (Å²) >= 11 is 0. The number of nitrogens with zero attached hydrogens (tertiary/aromatic N) is 1. The normalized spacial score (nSPS) is 11.7. The Hall–Kier alpha value is -2.95. The van der Waals surface area contributed by atoms with Crippen LogP contribution in [0.15, 0.2) is 64.9 Å². The van der Waals surface area contributed by atoms with Crippen molar-refractivity contribution in [3.8, 4) is 0 Å². The van der Waals surface area contributed by atoms with Gasteiger partial charge in [0.05, 0.1) is 6.26 Å². The monoisotopic (exact) mass is 350 g/mol. The van der Waals surface area contributed by atoms with E-state index in [1.165, 1.54) is 22.0 Å². The van der Waals surface area contributed by atoms with Gasteiger partial charge in [0.1, 0.15) is 5.76 Å². The van der Waals surface area contributed by atoms with Crippen LogP contribution in [0.25, 0.3) is 10.9 Å². The van der Waals surface area contributed by atoms with Crippen molar-refractivity contribution >= 4 is 16.9 Å². The maximum Gasteiger partial charge on any atom is 0.191 e. The van der Waals surface area contributed by atoms with Gasteiger partial charge in [0, 0.05) is 43.2 Å². The largest absolute Gasteiger partial charge is 0.469 e. The average molecular weight is 350 g/mol. The predicted octanol–water partition coefficient (Wildman–Crippen LogP) is 3.58. The van der Waals surface area contributed by atoms with Crippen molar-refractivity contribution in [1.29, 1.82) is 0 Å². The number of para-hydroxylation sites is 1. The van der Waals surface area contributed by atoms with Crippen molar-refractivity contribution in [2.45, 2.75) is 19.8 Å². The maximum atomic E-state index is 5.35. The van der Waals surface area contributed by atoms with Crippen molar-refractivity contribution < 1.29 is 4.42 Å². The Morgan fingerprint density at radius 2 is 2.15 bits per heavy atom. The summed E-state index contributed by atoms with van der Waals surface area (Å²) in [5, 5.41) is 7.95. The van der Waals surface area contributed by atoms with Crippen LogP contribution in [-0.2, 0) is 12.8 Å². The van der Waals surface area contributed by atoms with Crippen LogP contribution in [0.3, 0.4) is 0 Å². The van der Waals surface area contributed by atoms with E-state index in [0.717, 1.165) is 31.1 Å². The number of H-pyrrole nitrogens is 1. The molecule has 0 amide bonds. The molecule has 5 heteroatoms. The van der Waals surface area contributed by atoms with Gasteiger partial charge < -0.3 is 20.0 Å². The van der Waals surface area contributed by atoms with Gasteiger partial charge in [-0.1, -0.05) is 24.3 Å². The molecule has 0 aliphatic carbocycles. The number of hydrogen-bond donors (Lipinski definition) is 3. The van der Waals surface area contributed by atoms with E-state index in [1.807, 2.05) is 18.2 Å². The number of aliphatic imine (C=N–C) groups is 1. The summed E-state index contributed by atoms with van der Waals surface area (Å²) in [6, 6.07) is 10.3. The minimum Gasteiger partial charge on any atom is -0.469 e. The van der Waals surface area contributed by atoms with Gasteiger partial charge in [-0.3, -0.25) is 4.99 Å². The minimum atomic E-state index is 0.673. The summed E-state index contributed by atoms with van der Waals surface area (Å²) in [7, 11) is 0. The summed E-state index contributed by atoms with van der Waals surface area (Å²) in [5.74, 6) is 1.75. The maximum absolute atomic E-state index is 5.35. The summed E-state index contributed by atoms with van der Waals surface area (Å²) in [4.78, 5) is 7.99. The van der Waals surface area contributed by atoms with Crippen molar-refractivity contribution in [1.82, 2.24) is 15.6 Å². The Kier molecular flexibility index (Phi) is 6.14. The van der Waals surface area contributed by atoms with Gasteiger partial charge >= 0.3 is 0 Å². The molecule has 0 aliphatic rings. The summed E-state index contributed by atoms with van der Waals surface area (Å²) in [6.45, 7) is 8.04. The van der Waals surface area contributed by atoms with E-state index < -0.39 is 0 Å². The van der Waals surface area contributed by atoms with Crippen LogP contribution >= 0.6 is 0 Å². The predicted molar refractivity (Wildman–Crippen MR) is 108 cm³/mol. The molecule has 0 atom stereocenters. The first kappa shape index (κ1) is 17.9. The van der Waals surface area contributed by atoms with Crippen LogP contribution in [-0.4, -0.2) is 30.6 Å². The molecule has 1 aromatic carbocycles. The van der Waals surface area contributed by atoms with Gasteiger partial charge in [-0.15, -0.1) is 6.58 Å². The number of aromatic nitrogens is 1. The van der Waals surface area contributed by atoms with E-state index in [9.17, 15) is 0 Å². The lowest BCUT2D eigenvalue weighted by Gasteiger charge is -2.11. The highest BCUT2D eigenvalue weighted by molar-refractivity contribution is 5.86. The van der Waals surface area contributed by atoms with Crippen LogP contribution in [0.2, 0.25) is 0 Å². The lowest BCUT2D eigenvalue weighted by Crippen LogP contribution is -2.38. The number of hydrogen-bond acceptors (Lipinski definition) is 2. The van der Waals surface area contributed by atoms with E-state index in [4.69, 9.17) is 4.42 Å². The molecule has 0 unspecified atom stereocenters. The van der Waals surface area contributed by atoms with Crippen LogP contribution in [0.1, 0.15) is 16.9 Å². The summed E-state index contributed by atoms with van der Waals surface area (Å²) in [5.41, 5.74) is 3.81. The number of aryl methyl sites for hydroxylation is 1. The fourth-order valence-corrected chi connectivity index (χ4v) is 2.96. The fraction of sp³-hybridized carbons (Fsp3) is 0.286. The number of aromatic amines is 1. The Labute approximate surface area is 154 Å². The molecule has 3 aromatic rings. The topological polar surface area (TPSA) is 65.3 Å². The van der Waals surface area contributed by atoms with Crippen LogP contribution in [0.5, 0.6) is 0 Å². The Morgan fingerprint density at radius 3 is 2.96 bits per heavy atom. The first-order valence-electron chi connectivity index (χ1n) is 8.99. The number of benzene rings is 1. The van der Waals surface area contributed by atoms with Crippen LogP contribution < -0.4 is 10.6 Å². The van der Waals surface area contributed by atoms with E-state index in [2.05, 4.69) is 58.5 Å². The molecule has 2 heterocycles. The number of rotatable bonds is 8. The summed E-state index contributed by atoms with van der Waals surface area (Å²) < 4.78 is 5.35. The molecule has 136 valence electrons. The average Bonchev–Trinajstić information content (AvgIpc) is 3.30. The molecule has 0 spiro atoms. The summed E-state index contributed by atoms with van der Waals surface area (Å²) in [6.07, 6.45) is 7.33. The molecule has 2 aromatic heterocycles. The first-order valence-corrected chi connectivity index (χ1v) is 8.99. The minimum absolute atomic E-state index is 0.673. The number of furan rings is 1. The molecule has 0 saturated heterocycles. The van der Waals surface area contributed by atoms with E-state index in [1.54, 1.807) is 6.26 Å². The Balaban J connectivity index is 1.56. The van der Waals surface area contributed by atoms with Crippen LogP contribution in [0, 0.1) is 6.92 Å². The molecule has 0 bridgehead atoms. The molecular weight excluding hydrogens is 324 g/mol. The third-order valence-electron chi connectivity index (χ3n) is 4.32. The lowest BCUT2D eigenvalue weighted by atomic mass is 10.1. The zero-order valence-electron chi connectivity index (χ0n) is 15.2. The molecule has 0 aliphatic heterocycles. The highest BCUT2D eigenvalue weighted by Gasteiger charge is 2.05. The van der Waals surface area contributed by atoms with Gasteiger partial charge in [0.25, 0.3) is 0 Å². The van der Waals surface area contributed by atoms with Crippen molar-refractivity contribution in [3.63, 3.8) is 0 Å². The highest BCUT2D eigenvalue weighted by atomic mass is 16.3. The fourth-order valence-electron chi connectivity index (χ4n) is 2.96. The molecule has 5 nitrogen and oxygen atoms in total. The van der Waals surface area contributed by atoms with Crippen molar-refractivity contribution in [2.75, 3.05) is 19.6 Å². The van der Waals surface area contributed by atoms with Gasteiger partial charge in [-0.05, 0) is 36.6 Å². The molecule has 0 fully saturated rings. The molecule has 3 rings (SSSR count). The Bertz CT molecular complexity index is 861.